The SMILES string of the molecule is O=C(c1ccc(O)c(C2CCCC2)c1O)C(F)(F)F. The fourth-order valence-electron chi connectivity index (χ4n) is 2.55. The standard InChI is InChI=1S/C13H13F3O3/c14-13(15,16)12(19)8-5-6-9(17)10(11(8)18)7-3-1-2-4-7/h5-7,17-18H,1-4H2. The zero-order valence-corrected chi connectivity index (χ0v) is 10.00. The first kappa shape index (κ1) is 13.7. The molecule has 104 valence electrons. The average Bonchev–Trinajstić information content (AvgIpc) is 2.81. The Kier molecular flexibility index (Phi) is 3.43. The average molecular weight is 274 g/mol. The normalized spacial score (nSPS) is 16.8. The summed E-state index contributed by atoms with van der Waals surface area (Å²) in [5, 5.41) is 19.6. The number of aromatic hydroxyl groups is 2. The summed E-state index contributed by atoms with van der Waals surface area (Å²) in [4.78, 5) is 11.2. The van der Waals surface area contributed by atoms with Gasteiger partial charge in [-0.05, 0) is 30.9 Å². The molecule has 0 aliphatic heterocycles. The van der Waals surface area contributed by atoms with Gasteiger partial charge in [0.25, 0.3) is 5.78 Å². The molecule has 0 unspecified atom stereocenters. The number of halogens is 3. The van der Waals surface area contributed by atoms with Crippen molar-refractivity contribution in [3.8, 4) is 11.5 Å². The summed E-state index contributed by atoms with van der Waals surface area (Å²) in [5.41, 5.74) is -0.736. The van der Waals surface area contributed by atoms with Crippen molar-refractivity contribution >= 4 is 5.78 Å². The first-order valence-corrected chi connectivity index (χ1v) is 5.98. The molecule has 1 saturated carbocycles. The molecule has 0 amide bonds. The van der Waals surface area contributed by atoms with E-state index in [1.165, 1.54) is 0 Å². The minimum absolute atomic E-state index is 0.0626. The molecule has 0 aromatic heterocycles. The Morgan fingerprint density at radius 2 is 1.74 bits per heavy atom. The summed E-state index contributed by atoms with van der Waals surface area (Å²) in [6.07, 6.45) is -1.89. The lowest BCUT2D eigenvalue weighted by atomic mass is 9.92. The molecule has 1 aromatic carbocycles. The van der Waals surface area contributed by atoms with Gasteiger partial charge in [-0.25, -0.2) is 0 Å². The highest BCUT2D eigenvalue weighted by atomic mass is 19.4. The molecule has 2 rings (SSSR count). The van der Waals surface area contributed by atoms with Gasteiger partial charge in [0.1, 0.15) is 11.5 Å². The number of carbonyl (C=O) groups is 1. The highest BCUT2D eigenvalue weighted by Crippen LogP contribution is 2.45. The highest BCUT2D eigenvalue weighted by molar-refractivity contribution is 6.03. The quantitative estimate of drug-likeness (QED) is 0.811. The molecule has 3 nitrogen and oxygen atoms in total. The lowest BCUT2D eigenvalue weighted by Gasteiger charge is -2.16. The van der Waals surface area contributed by atoms with E-state index in [-0.39, 0.29) is 17.2 Å². The van der Waals surface area contributed by atoms with Gasteiger partial charge in [-0.1, -0.05) is 12.8 Å². The number of alkyl halides is 3. The fraction of sp³-hybridized carbons (Fsp3) is 0.462. The summed E-state index contributed by atoms with van der Waals surface area (Å²) >= 11 is 0. The molecule has 0 bridgehead atoms. The van der Waals surface area contributed by atoms with Gasteiger partial charge in [0.2, 0.25) is 0 Å². The molecule has 0 saturated heterocycles. The Labute approximate surface area is 107 Å². The Bertz CT molecular complexity index is 503. The smallest absolute Gasteiger partial charge is 0.455 e. The van der Waals surface area contributed by atoms with Crippen LogP contribution in [0.1, 0.15) is 47.5 Å². The zero-order chi connectivity index (χ0) is 14.2. The van der Waals surface area contributed by atoms with E-state index in [0.717, 1.165) is 25.0 Å². The van der Waals surface area contributed by atoms with Gasteiger partial charge in [0, 0.05) is 5.56 Å². The van der Waals surface area contributed by atoms with Gasteiger partial charge in [-0.3, -0.25) is 4.79 Å². The van der Waals surface area contributed by atoms with Crippen molar-refractivity contribution in [1.82, 2.24) is 0 Å². The van der Waals surface area contributed by atoms with Crippen LogP contribution in [0.5, 0.6) is 11.5 Å². The molecule has 0 spiro atoms. The highest BCUT2D eigenvalue weighted by Gasteiger charge is 2.41. The number of hydrogen-bond donors (Lipinski definition) is 2. The van der Waals surface area contributed by atoms with Crippen molar-refractivity contribution in [2.24, 2.45) is 0 Å². The van der Waals surface area contributed by atoms with E-state index in [1.54, 1.807) is 0 Å². The van der Waals surface area contributed by atoms with Crippen molar-refractivity contribution in [3.05, 3.63) is 23.3 Å². The van der Waals surface area contributed by atoms with Crippen LogP contribution in [-0.4, -0.2) is 22.2 Å². The van der Waals surface area contributed by atoms with E-state index < -0.39 is 23.3 Å². The number of phenolic OH excluding ortho intramolecular Hbond substituents is 2. The Balaban J connectivity index is 2.48. The third-order valence-corrected chi connectivity index (χ3v) is 3.46. The lowest BCUT2D eigenvalue weighted by molar-refractivity contribution is -0.0886. The summed E-state index contributed by atoms with van der Waals surface area (Å²) in [5.74, 6) is -3.29. The van der Waals surface area contributed by atoms with Crippen LogP contribution < -0.4 is 0 Å². The maximum atomic E-state index is 12.4. The molecule has 0 radical (unpaired) electrons. The van der Waals surface area contributed by atoms with Crippen molar-refractivity contribution in [1.29, 1.82) is 0 Å². The molecule has 2 N–H and O–H groups in total. The van der Waals surface area contributed by atoms with E-state index >= 15 is 0 Å². The second-order valence-electron chi connectivity index (χ2n) is 4.70. The second-order valence-corrected chi connectivity index (χ2v) is 4.70. The van der Waals surface area contributed by atoms with E-state index in [1.807, 2.05) is 0 Å². The minimum Gasteiger partial charge on any atom is -0.508 e. The van der Waals surface area contributed by atoms with E-state index in [9.17, 15) is 28.2 Å². The van der Waals surface area contributed by atoms with Crippen LogP contribution in [0.2, 0.25) is 0 Å². The maximum Gasteiger partial charge on any atom is 0.455 e. The minimum atomic E-state index is -5.04. The zero-order valence-electron chi connectivity index (χ0n) is 10.00. The van der Waals surface area contributed by atoms with Crippen molar-refractivity contribution in [3.63, 3.8) is 0 Å². The monoisotopic (exact) mass is 274 g/mol. The topological polar surface area (TPSA) is 57.5 Å². The van der Waals surface area contributed by atoms with Crippen molar-refractivity contribution < 1.29 is 28.2 Å². The third-order valence-electron chi connectivity index (χ3n) is 3.46. The molecule has 6 heteroatoms. The van der Waals surface area contributed by atoms with Crippen molar-refractivity contribution in [2.45, 2.75) is 37.8 Å². The Morgan fingerprint density at radius 3 is 2.26 bits per heavy atom. The largest absolute Gasteiger partial charge is 0.508 e. The first-order valence-electron chi connectivity index (χ1n) is 5.98. The summed E-state index contributed by atoms with van der Waals surface area (Å²) in [6.45, 7) is 0. The predicted molar refractivity (Wildman–Crippen MR) is 61.4 cm³/mol. The number of phenols is 2. The summed E-state index contributed by atoms with van der Waals surface area (Å²) in [6, 6.07) is 1.84. The molecule has 1 fully saturated rings. The van der Waals surface area contributed by atoms with Crippen LogP contribution in [0.4, 0.5) is 13.2 Å². The number of benzene rings is 1. The molecule has 1 aliphatic rings. The number of Topliss-reactive ketones (excluding diaryl/α,β-unsaturated/α-hetero) is 1. The number of ketones is 1. The van der Waals surface area contributed by atoms with Gasteiger partial charge >= 0.3 is 6.18 Å². The number of hydrogen-bond acceptors (Lipinski definition) is 3. The number of carbonyl (C=O) groups excluding carboxylic acids is 1. The molecule has 1 aromatic rings. The molecule has 0 atom stereocenters. The maximum absolute atomic E-state index is 12.4. The molecular formula is C13H13F3O3. The van der Waals surface area contributed by atoms with E-state index in [4.69, 9.17) is 0 Å². The summed E-state index contributed by atoms with van der Waals surface area (Å²) in [7, 11) is 0. The van der Waals surface area contributed by atoms with Crippen molar-refractivity contribution in [2.75, 3.05) is 0 Å². The van der Waals surface area contributed by atoms with Gasteiger partial charge in [0.15, 0.2) is 0 Å². The van der Waals surface area contributed by atoms with E-state index in [0.29, 0.717) is 12.8 Å². The molecular weight excluding hydrogens is 261 g/mol. The van der Waals surface area contributed by atoms with E-state index in [2.05, 4.69) is 0 Å². The molecule has 19 heavy (non-hydrogen) atoms. The van der Waals surface area contributed by atoms with Crippen LogP contribution in [0.15, 0.2) is 12.1 Å². The van der Waals surface area contributed by atoms with Gasteiger partial charge in [0.05, 0.1) is 5.56 Å². The first-order chi connectivity index (χ1) is 8.82. The van der Waals surface area contributed by atoms with Gasteiger partial charge in [-0.2, -0.15) is 13.2 Å². The number of rotatable bonds is 2. The Morgan fingerprint density at radius 1 is 1.16 bits per heavy atom. The summed E-state index contributed by atoms with van der Waals surface area (Å²) < 4.78 is 37.2. The third kappa shape index (κ3) is 2.52. The van der Waals surface area contributed by atoms with Crippen LogP contribution in [0.25, 0.3) is 0 Å². The van der Waals surface area contributed by atoms with Crippen LogP contribution in [0, 0.1) is 0 Å². The lowest BCUT2D eigenvalue weighted by Crippen LogP contribution is -2.23. The predicted octanol–water partition coefficient (Wildman–Crippen LogP) is 3.50. The molecule has 1 aliphatic carbocycles. The van der Waals surface area contributed by atoms with Crippen LogP contribution >= 0.6 is 0 Å². The van der Waals surface area contributed by atoms with Crippen LogP contribution in [-0.2, 0) is 0 Å². The molecule has 0 heterocycles. The van der Waals surface area contributed by atoms with Gasteiger partial charge in [-0.15, -0.1) is 0 Å². The fourth-order valence-corrected chi connectivity index (χ4v) is 2.55. The Hall–Kier alpha value is -1.72. The second kappa shape index (κ2) is 4.75. The van der Waals surface area contributed by atoms with Crippen LogP contribution in [0.3, 0.4) is 0 Å². The van der Waals surface area contributed by atoms with Gasteiger partial charge < -0.3 is 10.2 Å².